The van der Waals surface area contributed by atoms with E-state index in [4.69, 9.17) is 5.11 Å². The number of carbonyl (C=O) groups excluding carboxylic acids is 1. The third kappa shape index (κ3) is 3.22. The lowest BCUT2D eigenvalue weighted by atomic mass is 10.0. The van der Waals surface area contributed by atoms with Crippen molar-refractivity contribution in [3.8, 4) is 0 Å². The predicted octanol–water partition coefficient (Wildman–Crippen LogP) is 0.476. The number of amides is 1. The number of benzene rings is 1. The van der Waals surface area contributed by atoms with E-state index in [0.717, 1.165) is 4.57 Å². The van der Waals surface area contributed by atoms with Crippen molar-refractivity contribution < 1.29 is 14.7 Å². The summed E-state index contributed by atoms with van der Waals surface area (Å²) in [6, 6.07) is 4.21. The van der Waals surface area contributed by atoms with Gasteiger partial charge in [0.1, 0.15) is 12.1 Å². The molecule has 1 heterocycles. The maximum Gasteiger partial charge on any atom is 0.329 e. The number of hydrogen-bond acceptors (Lipinski definition) is 4. The Kier molecular flexibility index (Phi) is 4.87. The molecule has 0 saturated carbocycles. The maximum absolute atomic E-state index is 12.5. The van der Waals surface area contributed by atoms with Gasteiger partial charge in [-0.15, -0.1) is 0 Å². The second kappa shape index (κ2) is 6.69. The topological polar surface area (TPSA) is 121 Å². The minimum atomic E-state index is -1.18. The Hall–Kier alpha value is -2.90. The summed E-state index contributed by atoms with van der Waals surface area (Å²) >= 11 is 0. The van der Waals surface area contributed by atoms with E-state index >= 15 is 0 Å². The fourth-order valence-corrected chi connectivity index (χ4v) is 2.43. The lowest BCUT2D eigenvalue weighted by Gasteiger charge is -2.21. The third-order valence-electron chi connectivity index (χ3n) is 3.83. The summed E-state index contributed by atoms with van der Waals surface area (Å²) < 4.78 is 0.789. The van der Waals surface area contributed by atoms with Gasteiger partial charge in [0.15, 0.2) is 0 Å². The minimum Gasteiger partial charge on any atom is -0.480 e. The number of hydrogen-bond donors (Lipinski definition) is 3. The molecule has 0 unspecified atom stereocenters. The highest BCUT2D eigenvalue weighted by molar-refractivity contribution is 5.86. The fraction of sp³-hybridized carbons (Fsp3) is 0.375. The molecule has 0 aliphatic heterocycles. The molecule has 0 bridgehead atoms. The van der Waals surface area contributed by atoms with Gasteiger partial charge in [0.05, 0.1) is 10.9 Å². The van der Waals surface area contributed by atoms with Crippen molar-refractivity contribution in [1.29, 1.82) is 0 Å². The largest absolute Gasteiger partial charge is 0.480 e. The highest BCUT2D eigenvalue weighted by Crippen LogP contribution is 2.08. The minimum absolute atomic E-state index is 0.274. The van der Waals surface area contributed by atoms with Crippen LogP contribution in [-0.2, 0) is 9.59 Å². The first kappa shape index (κ1) is 17.5. The predicted molar refractivity (Wildman–Crippen MR) is 87.9 cm³/mol. The van der Waals surface area contributed by atoms with E-state index in [1.807, 2.05) is 0 Å². The molecule has 0 spiro atoms. The highest BCUT2D eigenvalue weighted by Gasteiger charge is 2.27. The van der Waals surface area contributed by atoms with Gasteiger partial charge >= 0.3 is 11.7 Å². The molecule has 2 aromatic rings. The monoisotopic (exact) mass is 333 g/mol. The van der Waals surface area contributed by atoms with E-state index in [0.29, 0.717) is 5.52 Å². The molecular formula is C16H19N3O5. The normalized spacial score (nSPS) is 13.7. The molecule has 1 aromatic carbocycles. The number of aromatic nitrogens is 2. The first-order valence-corrected chi connectivity index (χ1v) is 7.50. The summed E-state index contributed by atoms with van der Waals surface area (Å²) in [5, 5.41) is 11.8. The Bertz CT molecular complexity index is 896. The SMILES string of the molecule is CC(C)[C@H](NC(=O)[C@H](C)n1c(=O)[nH]c2ccccc2c1=O)C(=O)O. The number of carbonyl (C=O) groups is 2. The number of carboxylic acid groups (broad SMARTS) is 1. The summed E-state index contributed by atoms with van der Waals surface area (Å²) in [7, 11) is 0. The second-order valence-electron chi connectivity index (χ2n) is 5.90. The second-order valence-corrected chi connectivity index (χ2v) is 5.90. The Morgan fingerprint density at radius 3 is 2.38 bits per heavy atom. The van der Waals surface area contributed by atoms with Crippen molar-refractivity contribution in [2.45, 2.75) is 32.9 Å². The van der Waals surface area contributed by atoms with Gasteiger partial charge < -0.3 is 15.4 Å². The van der Waals surface area contributed by atoms with Gasteiger partial charge in [-0.3, -0.25) is 9.59 Å². The van der Waals surface area contributed by atoms with Gasteiger partial charge in [-0.05, 0) is 25.0 Å². The zero-order valence-corrected chi connectivity index (χ0v) is 13.6. The molecule has 128 valence electrons. The van der Waals surface area contributed by atoms with Crippen molar-refractivity contribution in [3.05, 3.63) is 45.1 Å². The molecule has 0 aliphatic carbocycles. The number of aliphatic carboxylic acids is 1. The Morgan fingerprint density at radius 1 is 1.17 bits per heavy atom. The van der Waals surface area contributed by atoms with E-state index in [1.54, 1.807) is 38.1 Å². The molecule has 3 N–H and O–H groups in total. The van der Waals surface area contributed by atoms with Crippen LogP contribution < -0.4 is 16.6 Å². The summed E-state index contributed by atoms with van der Waals surface area (Å²) in [6.45, 7) is 4.68. The average Bonchev–Trinajstić information content (AvgIpc) is 2.51. The van der Waals surface area contributed by atoms with Gasteiger partial charge in [-0.2, -0.15) is 0 Å². The zero-order chi connectivity index (χ0) is 18.0. The van der Waals surface area contributed by atoms with Gasteiger partial charge in [0, 0.05) is 0 Å². The van der Waals surface area contributed by atoms with Crippen molar-refractivity contribution in [2.24, 2.45) is 5.92 Å². The Labute approximate surface area is 137 Å². The highest BCUT2D eigenvalue weighted by atomic mass is 16.4. The molecule has 0 saturated heterocycles. The van der Waals surface area contributed by atoms with E-state index in [-0.39, 0.29) is 11.3 Å². The summed E-state index contributed by atoms with van der Waals surface area (Å²) in [6.07, 6.45) is 0. The van der Waals surface area contributed by atoms with Crippen LogP contribution in [0.15, 0.2) is 33.9 Å². The molecule has 0 aliphatic rings. The maximum atomic E-state index is 12.5. The van der Waals surface area contributed by atoms with Crippen LogP contribution in [0.5, 0.6) is 0 Å². The molecule has 0 fully saturated rings. The van der Waals surface area contributed by atoms with Crippen LogP contribution in [0, 0.1) is 5.92 Å². The van der Waals surface area contributed by atoms with E-state index < -0.39 is 35.2 Å². The third-order valence-corrected chi connectivity index (χ3v) is 3.83. The molecule has 8 nitrogen and oxygen atoms in total. The number of fused-ring (bicyclic) bond motifs is 1. The lowest BCUT2D eigenvalue weighted by Crippen LogP contribution is -2.49. The lowest BCUT2D eigenvalue weighted by molar-refractivity contribution is -0.143. The van der Waals surface area contributed by atoms with E-state index in [9.17, 15) is 19.2 Å². The summed E-state index contributed by atoms with van der Waals surface area (Å²) in [4.78, 5) is 50.7. The number of nitrogens with one attached hydrogen (secondary N) is 2. The van der Waals surface area contributed by atoms with Crippen molar-refractivity contribution in [3.63, 3.8) is 0 Å². The first-order valence-electron chi connectivity index (χ1n) is 7.50. The van der Waals surface area contributed by atoms with Crippen LogP contribution in [0.4, 0.5) is 0 Å². The van der Waals surface area contributed by atoms with Crippen molar-refractivity contribution in [1.82, 2.24) is 14.9 Å². The quantitative estimate of drug-likeness (QED) is 0.734. The summed E-state index contributed by atoms with van der Waals surface area (Å²) in [5.41, 5.74) is -0.951. The first-order chi connectivity index (χ1) is 11.2. The smallest absolute Gasteiger partial charge is 0.329 e. The fourth-order valence-electron chi connectivity index (χ4n) is 2.43. The number of aromatic amines is 1. The molecule has 2 atom stereocenters. The van der Waals surface area contributed by atoms with Crippen LogP contribution in [0.2, 0.25) is 0 Å². The number of carboxylic acids is 1. The van der Waals surface area contributed by atoms with E-state index in [1.165, 1.54) is 6.92 Å². The van der Waals surface area contributed by atoms with Gasteiger partial charge in [0.25, 0.3) is 5.56 Å². The molecular weight excluding hydrogens is 314 g/mol. The van der Waals surface area contributed by atoms with Crippen molar-refractivity contribution in [2.75, 3.05) is 0 Å². The van der Waals surface area contributed by atoms with Crippen LogP contribution in [-0.4, -0.2) is 32.6 Å². The van der Waals surface area contributed by atoms with Crippen LogP contribution in [0.25, 0.3) is 10.9 Å². The number of para-hydroxylation sites is 1. The summed E-state index contributed by atoms with van der Waals surface area (Å²) in [5.74, 6) is -2.23. The Balaban J connectivity index is 2.43. The standard InChI is InChI=1S/C16H19N3O5/c1-8(2)12(15(22)23)18-13(20)9(3)19-14(21)10-6-4-5-7-11(10)17-16(19)24/h4-9,12H,1-3H3,(H,17,24)(H,18,20)(H,22,23)/t9-,12-/m0/s1. The van der Waals surface area contributed by atoms with Gasteiger partial charge in [0.2, 0.25) is 5.91 Å². The zero-order valence-electron chi connectivity index (χ0n) is 13.6. The number of nitrogens with zero attached hydrogens (tertiary/aromatic N) is 1. The molecule has 1 aromatic heterocycles. The molecule has 8 heteroatoms. The molecule has 24 heavy (non-hydrogen) atoms. The molecule has 0 radical (unpaired) electrons. The van der Waals surface area contributed by atoms with Gasteiger partial charge in [-0.25, -0.2) is 14.2 Å². The van der Waals surface area contributed by atoms with Crippen molar-refractivity contribution >= 4 is 22.8 Å². The average molecular weight is 333 g/mol. The van der Waals surface area contributed by atoms with Gasteiger partial charge in [-0.1, -0.05) is 26.0 Å². The Morgan fingerprint density at radius 2 is 1.79 bits per heavy atom. The molecule has 2 rings (SSSR count). The van der Waals surface area contributed by atoms with Crippen LogP contribution in [0.1, 0.15) is 26.8 Å². The van der Waals surface area contributed by atoms with E-state index in [2.05, 4.69) is 10.3 Å². The van der Waals surface area contributed by atoms with Crippen LogP contribution >= 0.6 is 0 Å². The number of rotatable bonds is 5. The number of H-pyrrole nitrogens is 1. The molecule has 1 amide bonds. The van der Waals surface area contributed by atoms with Crippen LogP contribution in [0.3, 0.4) is 0 Å².